The lowest BCUT2D eigenvalue weighted by Gasteiger charge is -2.09. The summed E-state index contributed by atoms with van der Waals surface area (Å²) in [6.07, 6.45) is 1.47. The molecule has 17 heavy (non-hydrogen) atoms. The number of H-pyrrole nitrogens is 1. The minimum Gasteiger partial charge on any atom is -0.397 e. The third-order valence-electron chi connectivity index (χ3n) is 2.64. The molecule has 1 aliphatic rings. The van der Waals surface area contributed by atoms with Crippen molar-refractivity contribution in [2.24, 2.45) is 0 Å². The van der Waals surface area contributed by atoms with Crippen molar-refractivity contribution in [2.75, 3.05) is 12.8 Å². The zero-order valence-electron chi connectivity index (χ0n) is 9.19. The van der Waals surface area contributed by atoms with Gasteiger partial charge in [0.25, 0.3) is 11.8 Å². The van der Waals surface area contributed by atoms with E-state index in [4.69, 9.17) is 5.73 Å². The average molecular weight is 236 g/mol. The van der Waals surface area contributed by atoms with E-state index in [-0.39, 0.29) is 18.0 Å². The Morgan fingerprint density at radius 2 is 2.29 bits per heavy atom. The maximum Gasteiger partial charge on any atom is 0.268 e. The Morgan fingerprint density at radius 1 is 1.59 bits per heavy atom. The molecule has 90 valence electrons. The van der Waals surface area contributed by atoms with Crippen molar-refractivity contribution in [3.63, 3.8) is 0 Å². The number of nitrogens with zero attached hydrogens (tertiary/aromatic N) is 1. The largest absolute Gasteiger partial charge is 0.397 e. The van der Waals surface area contributed by atoms with Gasteiger partial charge in [0.05, 0.1) is 6.42 Å². The van der Waals surface area contributed by atoms with Gasteiger partial charge in [-0.1, -0.05) is 0 Å². The minimum absolute atomic E-state index is 0.00271. The molecule has 1 aromatic heterocycles. The molecule has 3 amide bonds. The summed E-state index contributed by atoms with van der Waals surface area (Å²) in [5, 5.41) is 2.48. The number of hydrogen-bond donors (Lipinski definition) is 3. The van der Waals surface area contributed by atoms with Crippen molar-refractivity contribution >= 4 is 23.4 Å². The molecule has 2 heterocycles. The molecule has 1 fully saturated rings. The van der Waals surface area contributed by atoms with Gasteiger partial charge in [-0.2, -0.15) is 0 Å². The molecule has 1 saturated heterocycles. The molecule has 0 saturated carbocycles. The van der Waals surface area contributed by atoms with Gasteiger partial charge < -0.3 is 16.0 Å². The number of carbonyl (C=O) groups is 3. The normalized spacial score (nSPS) is 19.8. The number of aromatic amines is 1. The maximum absolute atomic E-state index is 11.7. The standard InChI is InChI=1S/C10H12N4O3/c1-14-8(15)3-7(10(14)17)13-9(16)6-2-5(11)4-12-6/h2,4,7,12H,3,11H2,1H3,(H,13,16). The molecular weight excluding hydrogens is 224 g/mol. The summed E-state index contributed by atoms with van der Waals surface area (Å²) >= 11 is 0. The number of rotatable bonds is 2. The third kappa shape index (κ3) is 1.99. The van der Waals surface area contributed by atoms with Crippen LogP contribution in [0.3, 0.4) is 0 Å². The first-order chi connectivity index (χ1) is 7.99. The fourth-order valence-corrected chi connectivity index (χ4v) is 1.65. The topological polar surface area (TPSA) is 108 Å². The van der Waals surface area contributed by atoms with Crippen LogP contribution in [0, 0.1) is 0 Å². The summed E-state index contributed by atoms with van der Waals surface area (Å²) in [4.78, 5) is 38.2. The minimum atomic E-state index is -0.787. The first kappa shape index (κ1) is 11.2. The van der Waals surface area contributed by atoms with Crippen LogP contribution in [0.1, 0.15) is 16.9 Å². The summed E-state index contributed by atoms with van der Waals surface area (Å²) in [5.41, 5.74) is 6.15. The molecular formula is C10H12N4O3. The van der Waals surface area contributed by atoms with Crippen molar-refractivity contribution in [3.05, 3.63) is 18.0 Å². The van der Waals surface area contributed by atoms with E-state index in [0.717, 1.165) is 4.90 Å². The quantitative estimate of drug-likeness (QED) is 0.577. The highest BCUT2D eigenvalue weighted by atomic mass is 16.2. The predicted octanol–water partition coefficient (Wildman–Crippen LogP) is -0.916. The fourth-order valence-electron chi connectivity index (χ4n) is 1.65. The van der Waals surface area contributed by atoms with Gasteiger partial charge in [-0.25, -0.2) is 0 Å². The highest BCUT2D eigenvalue weighted by molar-refractivity contribution is 6.07. The zero-order valence-corrected chi connectivity index (χ0v) is 9.19. The van der Waals surface area contributed by atoms with Crippen LogP contribution in [-0.2, 0) is 9.59 Å². The molecule has 1 unspecified atom stereocenters. The van der Waals surface area contributed by atoms with E-state index < -0.39 is 17.9 Å². The molecule has 0 aliphatic carbocycles. The fraction of sp³-hybridized carbons (Fsp3) is 0.300. The van der Waals surface area contributed by atoms with Crippen LogP contribution in [0.5, 0.6) is 0 Å². The van der Waals surface area contributed by atoms with E-state index in [9.17, 15) is 14.4 Å². The van der Waals surface area contributed by atoms with Crippen LogP contribution >= 0.6 is 0 Å². The van der Waals surface area contributed by atoms with Crippen molar-refractivity contribution in [2.45, 2.75) is 12.5 Å². The molecule has 1 atom stereocenters. The first-order valence-electron chi connectivity index (χ1n) is 5.04. The van der Waals surface area contributed by atoms with Crippen molar-refractivity contribution < 1.29 is 14.4 Å². The Bertz CT molecular complexity index is 493. The van der Waals surface area contributed by atoms with Gasteiger partial charge in [0.15, 0.2) is 0 Å². The second-order valence-electron chi connectivity index (χ2n) is 3.87. The number of likely N-dealkylation sites (N-methyl/N-ethyl adjacent to an activating group) is 1. The van der Waals surface area contributed by atoms with Gasteiger partial charge in [-0.3, -0.25) is 19.3 Å². The van der Waals surface area contributed by atoms with Crippen LogP contribution in [0.2, 0.25) is 0 Å². The van der Waals surface area contributed by atoms with Crippen molar-refractivity contribution in [1.82, 2.24) is 15.2 Å². The Labute approximate surface area is 97.0 Å². The van der Waals surface area contributed by atoms with Gasteiger partial charge in [0.1, 0.15) is 11.7 Å². The highest BCUT2D eigenvalue weighted by Gasteiger charge is 2.37. The van der Waals surface area contributed by atoms with Gasteiger partial charge in [0, 0.05) is 18.9 Å². The number of aromatic nitrogens is 1. The maximum atomic E-state index is 11.7. The number of anilines is 1. The molecule has 0 bridgehead atoms. The Balaban J connectivity index is 2.05. The van der Waals surface area contributed by atoms with Gasteiger partial charge in [0.2, 0.25) is 5.91 Å². The summed E-state index contributed by atoms with van der Waals surface area (Å²) < 4.78 is 0. The van der Waals surface area contributed by atoms with E-state index >= 15 is 0 Å². The number of hydrogen-bond acceptors (Lipinski definition) is 4. The average Bonchev–Trinajstić information content (AvgIpc) is 2.80. The molecule has 4 N–H and O–H groups in total. The molecule has 7 heteroatoms. The van der Waals surface area contributed by atoms with Crippen LogP contribution in [0.15, 0.2) is 12.3 Å². The summed E-state index contributed by atoms with van der Waals surface area (Å²) in [6, 6.07) is 0.671. The molecule has 2 rings (SSSR count). The van der Waals surface area contributed by atoms with E-state index in [2.05, 4.69) is 10.3 Å². The zero-order chi connectivity index (χ0) is 12.6. The second-order valence-corrected chi connectivity index (χ2v) is 3.87. The van der Waals surface area contributed by atoms with Gasteiger partial charge in [-0.05, 0) is 6.07 Å². The van der Waals surface area contributed by atoms with Gasteiger partial charge in [-0.15, -0.1) is 0 Å². The summed E-state index contributed by atoms with van der Waals surface area (Å²) in [5.74, 6) is -1.16. The third-order valence-corrected chi connectivity index (χ3v) is 2.64. The lowest BCUT2D eigenvalue weighted by atomic mass is 10.2. The molecule has 0 aromatic carbocycles. The Morgan fingerprint density at radius 3 is 2.76 bits per heavy atom. The van der Waals surface area contributed by atoms with E-state index in [1.165, 1.54) is 19.3 Å². The van der Waals surface area contributed by atoms with Crippen LogP contribution < -0.4 is 11.1 Å². The summed E-state index contributed by atoms with van der Waals surface area (Å²) in [7, 11) is 1.39. The smallest absolute Gasteiger partial charge is 0.268 e. The number of imide groups is 1. The number of nitrogens with one attached hydrogen (secondary N) is 2. The SMILES string of the molecule is CN1C(=O)CC(NC(=O)c2cc(N)c[nH]2)C1=O. The molecule has 0 spiro atoms. The first-order valence-corrected chi connectivity index (χ1v) is 5.04. The predicted molar refractivity (Wildman–Crippen MR) is 58.9 cm³/mol. The van der Waals surface area contributed by atoms with Crippen LogP contribution in [0.25, 0.3) is 0 Å². The van der Waals surface area contributed by atoms with Crippen molar-refractivity contribution in [3.8, 4) is 0 Å². The summed E-state index contributed by atoms with van der Waals surface area (Å²) in [6.45, 7) is 0. The second kappa shape index (κ2) is 3.93. The highest BCUT2D eigenvalue weighted by Crippen LogP contribution is 2.12. The number of nitrogens with two attached hydrogens (primary N) is 1. The van der Waals surface area contributed by atoms with Crippen LogP contribution in [-0.4, -0.2) is 40.7 Å². The molecule has 1 aromatic rings. The molecule has 0 radical (unpaired) electrons. The lowest BCUT2D eigenvalue weighted by molar-refractivity contribution is -0.137. The number of amides is 3. The van der Waals surface area contributed by atoms with Crippen LogP contribution in [0.4, 0.5) is 5.69 Å². The van der Waals surface area contributed by atoms with E-state index in [1.54, 1.807) is 0 Å². The Kier molecular flexibility index (Phi) is 2.58. The Hall–Kier alpha value is -2.31. The number of likely N-dealkylation sites (tertiary alicyclic amines) is 1. The number of nitrogen functional groups attached to an aromatic ring is 1. The lowest BCUT2D eigenvalue weighted by Crippen LogP contribution is -2.40. The monoisotopic (exact) mass is 236 g/mol. The molecule has 7 nitrogen and oxygen atoms in total. The molecule has 1 aliphatic heterocycles. The van der Waals surface area contributed by atoms with Gasteiger partial charge >= 0.3 is 0 Å². The number of carbonyl (C=O) groups excluding carboxylic acids is 3. The van der Waals surface area contributed by atoms with Crippen molar-refractivity contribution in [1.29, 1.82) is 0 Å². The van der Waals surface area contributed by atoms with E-state index in [0.29, 0.717) is 5.69 Å². The van der Waals surface area contributed by atoms with E-state index in [1.807, 2.05) is 0 Å².